The van der Waals surface area contributed by atoms with E-state index in [1.807, 2.05) is 0 Å². The summed E-state index contributed by atoms with van der Waals surface area (Å²) in [6.07, 6.45) is 3.59. The van der Waals surface area contributed by atoms with E-state index in [0.717, 1.165) is 12.8 Å². The van der Waals surface area contributed by atoms with Gasteiger partial charge in [0.05, 0.1) is 4.47 Å². The Kier molecular flexibility index (Phi) is 3.75. The van der Waals surface area contributed by atoms with E-state index in [-0.39, 0.29) is 11.6 Å². The molecule has 0 radical (unpaired) electrons. The molecule has 0 aliphatic rings. The van der Waals surface area contributed by atoms with Gasteiger partial charge in [-0.3, -0.25) is 4.79 Å². The molecule has 0 fully saturated rings. The summed E-state index contributed by atoms with van der Waals surface area (Å²) < 4.78 is 2.24. The smallest absolute Gasteiger partial charge is 0.265 e. The van der Waals surface area contributed by atoms with E-state index in [2.05, 4.69) is 29.8 Å². The van der Waals surface area contributed by atoms with Crippen LogP contribution in [0.2, 0.25) is 0 Å². The van der Waals surface area contributed by atoms with Gasteiger partial charge in [0.1, 0.15) is 0 Å². The van der Waals surface area contributed by atoms with E-state index >= 15 is 0 Å². The minimum absolute atomic E-state index is 0.00657. The average molecular weight is 259 g/mol. The topological polar surface area (TPSA) is 48.0 Å². The van der Waals surface area contributed by atoms with Crippen LogP contribution >= 0.6 is 15.9 Å². The lowest BCUT2D eigenvalue weighted by molar-refractivity contribution is 0.458. The van der Waals surface area contributed by atoms with E-state index < -0.39 is 0 Å². The Hall–Kier alpha value is -0.770. The third-order valence-corrected chi connectivity index (χ3v) is 2.92. The summed E-state index contributed by atoms with van der Waals surface area (Å²) in [5.41, 5.74) is 6.29. The molecule has 2 N–H and O–H groups in total. The zero-order chi connectivity index (χ0) is 10.7. The van der Waals surface area contributed by atoms with E-state index in [1.165, 1.54) is 0 Å². The molecule has 1 aromatic heterocycles. The van der Waals surface area contributed by atoms with Crippen molar-refractivity contribution in [3.63, 3.8) is 0 Å². The van der Waals surface area contributed by atoms with Gasteiger partial charge in [0.15, 0.2) is 0 Å². The molecule has 0 aliphatic carbocycles. The number of pyridine rings is 1. The van der Waals surface area contributed by atoms with Crippen molar-refractivity contribution >= 4 is 21.6 Å². The van der Waals surface area contributed by atoms with Crippen LogP contribution in [-0.4, -0.2) is 4.57 Å². The molecule has 1 aromatic rings. The Morgan fingerprint density at radius 1 is 1.50 bits per heavy atom. The number of nitrogen functional groups attached to an aromatic ring is 1. The first kappa shape index (κ1) is 11.3. The molecular formula is C10H15BrN2O. The van der Waals surface area contributed by atoms with Gasteiger partial charge in [0.25, 0.3) is 5.56 Å². The maximum absolute atomic E-state index is 11.7. The molecular weight excluding hydrogens is 244 g/mol. The number of rotatable bonds is 3. The molecule has 0 aliphatic heterocycles. The Bertz CT molecular complexity index is 369. The van der Waals surface area contributed by atoms with Crippen LogP contribution < -0.4 is 11.3 Å². The summed E-state index contributed by atoms with van der Waals surface area (Å²) in [6.45, 7) is 4.13. The lowest BCUT2D eigenvalue weighted by Crippen LogP contribution is -2.24. The number of halogens is 1. The third kappa shape index (κ3) is 2.18. The van der Waals surface area contributed by atoms with E-state index in [4.69, 9.17) is 5.73 Å². The van der Waals surface area contributed by atoms with Crippen LogP contribution in [0.5, 0.6) is 0 Å². The maximum Gasteiger partial charge on any atom is 0.265 e. The largest absolute Gasteiger partial charge is 0.398 e. The molecule has 0 unspecified atom stereocenters. The first-order valence-electron chi connectivity index (χ1n) is 4.77. The summed E-state index contributed by atoms with van der Waals surface area (Å²) >= 11 is 3.21. The van der Waals surface area contributed by atoms with Crippen LogP contribution in [0, 0.1) is 0 Å². The first-order chi connectivity index (χ1) is 6.60. The molecule has 0 aromatic carbocycles. The summed E-state index contributed by atoms with van der Waals surface area (Å²) in [4.78, 5) is 11.7. The van der Waals surface area contributed by atoms with Crippen molar-refractivity contribution in [1.29, 1.82) is 0 Å². The molecule has 78 valence electrons. The summed E-state index contributed by atoms with van der Waals surface area (Å²) in [5, 5.41) is 0. The second kappa shape index (κ2) is 4.64. The summed E-state index contributed by atoms with van der Waals surface area (Å²) in [5.74, 6) is 0. The molecule has 4 heteroatoms. The lowest BCUT2D eigenvalue weighted by atomic mass is 10.1. The normalized spacial score (nSPS) is 10.9. The number of anilines is 1. The third-order valence-electron chi connectivity index (χ3n) is 2.36. The van der Waals surface area contributed by atoms with Gasteiger partial charge in [-0.25, -0.2) is 0 Å². The molecule has 3 nitrogen and oxygen atoms in total. The van der Waals surface area contributed by atoms with Gasteiger partial charge >= 0.3 is 0 Å². The standard InChI is InChI=1S/C10H15BrN2O/c1-3-8(4-2)13-6-7(12)5-9(11)10(13)14/h5-6,8H,3-4,12H2,1-2H3. The monoisotopic (exact) mass is 258 g/mol. The highest BCUT2D eigenvalue weighted by Crippen LogP contribution is 2.16. The minimum Gasteiger partial charge on any atom is -0.398 e. The fraction of sp³-hybridized carbons (Fsp3) is 0.500. The van der Waals surface area contributed by atoms with Crippen molar-refractivity contribution in [3.05, 3.63) is 27.1 Å². The van der Waals surface area contributed by atoms with Crippen molar-refractivity contribution in [1.82, 2.24) is 4.57 Å². The van der Waals surface area contributed by atoms with Crippen LogP contribution in [0.1, 0.15) is 32.7 Å². The Labute approximate surface area is 92.1 Å². The van der Waals surface area contributed by atoms with Gasteiger partial charge < -0.3 is 10.3 Å². The molecule has 0 amide bonds. The molecule has 1 heterocycles. The highest BCUT2D eigenvalue weighted by molar-refractivity contribution is 9.10. The van der Waals surface area contributed by atoms with Crippen LogP contribution in [0.25, 0.3) is 0 Å². The quantitative estimate of drug-likeness (QED) is 0.906. The molecule has 14 heavy (non-hydrogen) atoms. The molecule has 0 spiro atoms. The van der Waals surface area contributed by atoms with Crippen molar-refractivity contribution in [2.75, 3.05) is 5.73 Å². The van der Waals surface area contributed by atoms with Crippen molar-refractivity contribution < 1.29 is 0 Å². The Morgan fingerprint density at radius 3 is 2.57 bits per heavy atom. The van der Waals surface area contributed by atoms with E-state index in [1.54, 1.807) is 16.8 Å². The first-order valence-corrected chi connectivity index (χ1v) is 5.56. The fourth-order valence-electron chi connectivity index (χ4n) is 1.54. The zero-order valence-corrected chi connectivity index (χ0v) is 10.0. The molecule has 0 bridgehead atoms. The summed E-state index contributed by atoms with van der Waals surface area (Å²) in [6, 6.07) is 1.88. The zero-order valence-electron chi connectivity index (χ0n) is 8.46. The predicted octanol–water partition coefficient (Wildman–Crippen LogP) is 2.55. The van der Waals surface area contributed by atoms with Gasteiger partial charge in [0, 0.05) is 17.9 Å². The highest BCUT2D eigenvalue weighted by Gasteiger charge is 2.10. The second-order valence-electron chi connectivity index (χ2n) is 3.30. The highest BCUT2D eigenvalue weighted by atomic mass is 79.9. The van der Waals surface area contributed by atoms with E-state index in [9.17, 15) is 4.79 Å². The maximum atomic E-state index is 11.7. The van der Waals surface area contributed by atoms with Crippen molar-refractivity contribution in [2.45, 2.75) is 32.7 Å². The fourth-order valence-corrected chi connectivity index (χ4v) is 2.01. The second-order valence-corrected chi connectivity index (χ2v) is 4.16. The molecule has 0 atom stereocenters. The van der Waals surface area contributed by atoms with Gasteiger partial charge in [-0.1, -0.05) is 13.8 Å². The molecule has 0 saturated carbocycles. The SMILES string of the molecule is CCC(CC)n1cc(N)cc(Br)c1=O. The van der Waals surface area contributed by atoms with Gasteiger partial charge in [-0.05, 0) is 34.8 Å². The van der Waals surface area contributed by atoms with Crippen molar-refractivity contribution in [2.24, 2.45) is 0 Å². The predicted molar refractivity (Wildman–Crippen MR) is 62.4 cm³/mol. The van der Waals surface area contributed by atoms with Gasteiger partial charge in [-0.15, -0.1) is 0 Å². The number of aromatic nitrogens is 1. The van der Waals surface area contributed by atoms with Crippen LogP contribution in [0.4, 0.5) is 5.69 Å². The van der Waals surface area contributed by atoms with Crippen LogP contribution in [-0.2, 0) is 0 Å². The minimum atomic E-state index is -0.00657. The Morgan fingerprint density at radius 2 is 2.07 bits per heavy atom. The Balaban J connectivity index is 3.26. The molecule has 0 saturated heterocycles. The van der Waals surface area contributed by atoms with Gasteiger partial charge in [0.2, 0.25) is 0 Å². The molecule has 1 rings (SSSR count). The number of hydrogen-bond acceptors (Lipinski definition) is 2. The summed E-state index contributed by atoms with van der Waals surface area (Å²) in [7, 11) is 0. The van der Waals surface area contributed by atoms with Crippen molar-refractivity contribution in [3.8, 4) is 0 Å². The number of nitrogens with two attached hydrogens (primary N) is 1. The van der Waals surface area contributed by atoms with E-state index in [0.29, 0.717) is 10.2 Å². The van der Waals surface area contributed by atoms with Gasteiger partial charge in [-0.2, -0.15) is 0 Å². The van der Waals surface area contributed by atoms with Crippen LogP contribution in [0.15, 0.2) is 21.5 Å². The lowest BCUT2D eigenvalue weighted by Gasteiger charge is -2.16. The number of nitrogens with zero attached hydrogens (tertiary/aromatic N) is 1. The van der Waals surface area contributed by atoms with Crippen LogP contribution in [0.3, 0.4) is 0 Å². The average Bonchev–Trinajstić information content (AvgIpc) is 2.15. The number of hydrogen-bond donors (Lipinski definition) is 1.